The topological polar surface area (TPSA) is 228 Å². The minimum absolute atomic E-state index is 0.245. The number of carbonyl (C=O) groups excluding carboxylic acids is 1. The number of nitrogens with one attached hydrogen (secondary N) is 1. The summed E-state index contributed by atoms with van der Waals surface area (Å²) in [6, 6.07) is -0.904. The van der Waals surface area contributed by atoms with Gasteiger partial charge in [0.1, 0.15) is 48.8 Å². The van der Waals surface area contributed by atoms with Crippen LogP contribution in [0.15, 0.2) is 12.2 Å². The third kappa shape index (κ3) is 18.9. The Balaban J connectivity index is 1.94. The Morgan fingerprint density at radius 1 is 0.636 bits per heavy atom. The molecule has 2 aliphatic heterocycles. The second kappa shape index (κ2) is 29.9. The number of carbonyl (C=O) groups is 1. The van der Waals surface area contributed by atoms with Gasteiger partial charge in [0.05, 0.1) is 32.0 Å². The van der Waals surface area contributed by atoms with E-state index in [1.54, 1.807) is 6.08 Å². The van der Waals surface area contributed by atoms with Crippen molar-refractivity contribution in [2.24, 2.45) is 0 Å². The molecular formula is C41H77NO13. The second-order valence-corrected chi connectivity index (χ2v) is 15.5. The van der Waals surface area contributed by atoms with E-state index < -0.39 is 86.8 Å². The molecule has 324 valence electrons. The van der Waals surface area contributed by atoms with Gasteiger partial charge in [0.25, 0.3) is 0 Å². The molecule has 2 saturated heterocycles. The quantitative estimate of drug-likeness (QED) is 0.0364. The minimum Gasteiger partial charge on any atom is -0.394 e. The van der Waals surface area contributed by atoms with Crippen LogP contribution in [0.5, 0.6) is 0 Å². The highest BCUT2D eigenvalue weighted by atomic mass is 16.7. The molecule has 12 atom stereocenters. The van der Waals surface area contributed by atoms with E-state index in [9.17, 15) is 45.6 Å². The molecule has 12 unspecified atom stereocenters. The first-order valence-electron chi connectivity index (χ1n) is 21.4. The highest BCUT2D eigenvalue weighted by Gasteiger charge is 2.50. The van der Waals surface area contributed by atoms with Crippen molar-refractivity contribution in [2.45, 2.75) is 222 Å². The SMILES string of the molecule is CCCCCCCCCCC/C=C/C(O)C(COC1OC(CO)C(OC2OC(CO)C(O)C(O)C2O)C(O)C1O)NC(=O)CCCCCCCCCCCC. The maximum atomic E-state index is 13.0. The number of ether oxygens (including phenoxy) is 4. The Labute approximate surface area is 329 Å². The average Bonchev–Trinajstić information content (AvgIpc) is 3.18. The Morgan fingerprint density at radius 3 is 1.67 bits per heavy atom. The number of aliphatic hydroxyl groups is 8. The largest absolute Gasteiger partial charge is 0.394 e. The van der Waals surface area contributed by atoms with E-state index in [1.165, 1.54) is 83.5 Å². The Kier molecular flexibility index (Phi) is 27.1. The van der Waals surface area contributed by atoms with Crippen molar-refractivity contribution in [3.05, 3.63) is 12.2 Å². The van der Waals surface area contributed by atoms with Crippen LogP contribution >= 0.6 is 0 Å². The van der Waals surface area contributed by atoms with Crippen LogP contribution in [0, 0.1) is 0 Å². The monoisotopic (exact) mass is 792 g/mol. The molecule has 14 heteroatoms. The van der Waals surface area contributed by atoms with Gasteiger partial charge in [0.15, 0.2) is 12.6 Å². The van der Waals surface area contributed by atoms with Gasteiger partial charge in [-0.05, 0) is 19.3 Å². The number of hydrogen-bond acceptors (Lipinski definition) is 13. The zero-order valence-electron chi connectivity index (χ0n) is 33.7. The van der Waals surface area contributed by atoms with Crippen molar-refractivity contribution in [1.82, 2.24) is 5.32 Å². The van der Waals surface area contributed by atoms with E-state index in [1.807, 2.05) is 6.08 Å². The van der Waals surface area contributed by atoms with Gasteiger partial charge in [-0.3, -0.25) is 4.79 Å². The van der Waals surface area contributed by atoms with Crippen LogP contribution in [0.25, 0.3) is 0 Å². The van der Waals surface area contributed by atoms with Crippen molar-refractivity contribution < 1.29 is 64.6 Å². The van der Waals surface area contributed by atoms with Gasteiger partial charge in [-0.1, -0.05) is 135 Å². The summed E-state index contributed by atoms with van der Waals surface area (Å²) in [5.41, 5.74) is 0. The fraction of sp³-hybridized carbons (Fsp3) is 0.927. The number of amides is 1. The fourth-order valence-corrected chi connectivity index (χ4v) is 7.11. The predicted octanol–water partition coefficient (Wildman–Crippen LogP) is 3.26. The van der Waals surface area contributed by atoms with Gasteiger partial charge >= 0.3 is 0 Å². The molecule has 0 aromatic rings. The predicted molar refractivity (Wildman–Crippen MR) is 208 cm³/mol. The van der Waals surface area contributed by atoms with Crippen LogP contribution in [0.4, 0.5) is 0 Å². The van der Waals surface area contributed by atoms with Gasteiger partial charge in [-0.15, -0.1) is 0 Å². The normalized spacial score (nSPS) is 29.8. The van der Waals surface area contributed by atoms with Crippen LogP contribution in [-0.4, -0.2) is 140 Å². The van der Waals surface area contributed by atoms with Gasteiger partial charge in [-0.2, -0.15) is 0 Å². The Bertz CT molecular complexity index is 988. The summed E-state index contributed by atoms with van der Waals surface area (Å²) in [6.07, 6.45) is 9.87. The Hall–Kier alpha value is -1.27. The number of rotatable bonds is 31. The second-order valence-electron chi connectivity index (χ2n) is 15.5. The molecular weight excluding hydrogens is 714 g/mol. The van der Waals surface area contributed by atoms with Crippen LogP contribution in [0.1, 0.15) is 149 Å². The third-order valence-corrected chi connectivity index (χ3v) is 10.7. The highest BCUT2D eigenvalue weighted by Crippen LogP contribution is 2.30. The maximum Gasteiger partial charge on any atom is 0.220 e. The number of allylic oxidation sites excluding steroid dienone is 1. The lowest BCUT2D eigenvalue weighted by molar-refractivity contribution is -0.359. The van der Waals surface area contributed by atoms with E-state index in [4.69, 9.17) is 18.9 Å². The molecule has 2 fully saturated rings. The van der Waals surface area contributed by atoms with E-state index in [0.717, 1.165) is 38.5 Å². The first-order chi connectivity index (χ1) is 26.6. The van der Waals surface area contributed by atoms with Gasteiger partial charge in [0.2, 0.25) is 5.91 Å². The first kappa shape index (κ1) is 49.9. The summed E-state index contributed by atoms with van der Waals surface area (Å²) in [5.74, 6) is -0.245. The highest BCUT2D eigenvalue weighted by molar-refractivity contribution is 5.76. The van der Waals surface area contributed by atoms with Crippen LogP contribution in [0.2, 0.25) is 0 Å². The van der Waals surface area contributed by atoms with Gasteiger partial charge < -0.3 is 65.1 Å². The molecule has 14 nitrogen and oxygen atoms in total. The summed E-state index contributed by atoms with van der Waals surface area (Å²) < 4.78 is 22.6. The van der Waals surface area contributed by atoms with E-state index in [-0.39, 0.29) is 18.9 Å². The summed E-state index contributed by atoms with van der Waals surface area (Å²) >= 11 is 0. The molecule has 0 aromatic heterocycles. The standard InChI is InChI=1S/C41H77NO13/c1-3-5-7-9-11-13-15-16-18-20-22-24-30(45)29(42-33(46)25-23-21-19-17-14-12-10-8-6-4-2)28-52-40-38(51)36(49)39(32(27-44)54-40)55-41-37(50)35(48)34(47)31(26-43)53-41/h22,24,29-32,34-41,43-45,47-51H,3-21,23,25-28H2,1-2H3,(H,42,46)/b24-22+. The van der Waals surface area contributed by atoms with Crippen molar-refractivity contribution in [2.75, 3.05) is 19.8 Å². The molecule has 2 aliphatic rings. The third-order valence-electron chi connectivity index (χ3n) is 10.7. The average molecular weight is 792 g/mol. The van der Waals surface area contributed by atoms with Crippen LogP contribution in [-0.2, 0) is 23.7 Å². The van der Waals surface area contributed by atoms with Crippen molar-refractivity contribution in [3.8, 4) is 0 Å². The molecule has 0 aromatic carbocycles. The Morgan fingerprint density at radius 2 is 1.13 bits per heavy atom. The molecule has 0 bridgehead atoms. The molecule has 1 amide bonds. The van der Waals surface area contributed by atoms with Crippen molar-refractivity contribution >= 4 is 5.91 Å². The van der Waals surface area contributed by atoms with Crippen LogP contribution < -0.4 is 5.32 Å². The molecule has 0 radical (unpaired) electrons. The summed E-state index contributed by atoms with van der Waals surface area (Å²) in [5, 5.41) is 86.2. The summed E-state index contributed by atoms with van der Waals surface area (Å²) in [4.78, 5) is 13.0. The summed E-state index contributed by atoms with van der Waals surface area (Å²) in [7, 11) is 0. The van der Waals surface area contributed by atoms with E-state index in [0.29, 0.717) is 6.42 Å². The lowest BCUT2D eigenvalue weighted by atomic mass is 9.97. The van der Waals surface area contributed by atoms with Crippen molar-refractivity contribution in [3.63, 3.8) is 0 Å². The number of hydrogen-bond donors (Lipinski definition) is 9. The summed E-state index contributed by atoms with van der Waals surface area (Å²) in [6.45, 7) is 2.72. The molecule has 55 heavy (non-hydrogen) atoms. The van der Waals surface area contributed by atoms with Gasteiger partial charge in [-0.25, -0.2) is 0 Å². The van der Waals surface area contributed by atoms with Crippen LogP contribution in [0.3, 0.4) is 0 Å². The van der Waals surface area contributed by atoms with E-state index >= 15 is 0 Å². The maximum absolute atomic E-state index is 13.0. The molecule has 9 N–H and O–H groups in total. The number of aliphatic hydroxyl groups excluding tert-OH is 8. The molecule has 2 heterocycles. The molecule has 0 saturated carbocycles. The lowest BCUT2D eigenvalue weighted by Crippen LogP contribution is -2.65. The number of unbranched alkanes of at least 4 members (excludes halogenated alkanes) is 18. The molecule has 0 aliphatic carbocycles. The van der Waals surface area contributed by atoms with E-state index in [2.05, 4.69) is 19.2 Å². The minimum atomic E-state index is -1.78. The van der Waals surface area contributed by atoms with Crippen molar-refractivity contribution in [1.29, 1.82) is 0 Å². The first-order valence-corrected chi connectivity index (χ1v) is 21.4. The molecule has 2 rings (SSSR count). The zero-order chi connectivity index (χ0) is 40.4. The lowest BCUT2D eigenvalue weighted by Gasteiger charge is -2.46. The fourth-order valence-electron chi connectivity index (χ4n) is 7.11. The smallest absolute Gasteiger partial charge is 0.220 e. The van der Waals surface area contributed by atoms with Gasteiger partial charge in [0, 0.05) is 6.42 Å². The molecule has 0 spiro atoms. The zero-order valence-corrected chi connectivity index (χ0v) is 33.7.